The number of carbonyl (C=O) groups is 2. The molecule has 2 heterocycles. The first-order valence-corrected chi connectivity index (χ1v) is 10.9. The molecule has 1 aliphatic rings. The molecule has 0 atom stereocenters. The van der Waals surface area contributed by atoms with Crippen molar-refractivity contribution in [1.82, 2.24) is 4.98 Å². The standard InChI is InChI=1S/C23H23N3O3S/c27-22(29-18-9-5-2-6-10-18)20-19(16-11-13-24-14-12-16)15-30-21(20)26-23(28)25-17-7-3-1-4-8-17/h1,3-4,7-8,11-15,18H,2,5-6,9-10H2,(H2,25,26,28). The lowest BCUT2D eigenvalue weighted by Crippen LogP contribution is -2.23. The highest BCUT2D eigenvalue weighted by atomic mass is 32.1. The average Bonchev–Trinajstić information content (AvgIpc) is 3.19. The zero-order valence-electron chi connectivity index (χ0n) is 16.5. The van der Waals surface area contributed by atoms with Crippen LogP contribution >= 0.6 is 11.3 Å². The normalized spacial score (nSPS) is 14.1. The number of rotatable bonds is 5. The Kier molecular flexibility index (Phi) is 6.39. The van der Waals surface area contributed by atoms with Gasteiger partial charge in [0.25, 0.3) is 0 Å². The number of para-hydroxylation sites is 1. The molecule has 1 fully saturated rings. The zero-order valence-corrected chi connectivity index (χ0v) is 17.3. The first-order chi connectivity index (χ1) is 14.7. The van der Waals surface area contributed by atoms with Crippen LogP contribution in [0.2, 0.25) is 0 Å². The van der Waals surface area contributed by atoms with Crippen LogP contribution in [0.5, 0.6) is 0 Å². The van der Waals surface area contributed by atoms with E-state index in [9.17, 15) is 9.59 Å². The third-order valence-corrected chi connectivity index (χ3v) is 5.97. The molecule has 6 nitrogen and oxygen atoms in total. The molecule has 3 aromatic rings. The summed E-state index contributed by atoms with van der Waals surface area (Å²) in [5.41, 5.74) is 2.65. The number of benzene rings is 1. The molecule has 30 heavy (non-hydrogen) atoms. The van der Waals surface area contributed by atoms with Gasteiger partial charge in [0.05, 0.1) is 0 Å². The second-order valence-electron chi connectivity index (χ2n) is 7.20. The quantitative estimate of drug-likeness (QED) is 0.499. The van der Waals surface area contributed by atoms with Crippen LogP contribution in [-0.4, -0.2) is 23.1 Å². The lowest BCUT2D eigenvalue weighted by atomic mass is 9.97. The Morgan fingerprint density at radius 1 is 0.967 bits per heavy atom. The number of urea groups is 1. The fraction of sp³-hybridized carbons (Fsp3) is 0.261. The van der Waals surface area contributed by atoms with Gasteiger partial charge < -0.3 is 10.1 Å². The Morgan fingerprint density at radius 3 is 2.43 bits per heavy atom. The Morgan fingerprint density at radius 2 is 1.70 bits per heavy atom. The van der Waals surface area contributed by atoms with Crippen molar-refractivity contribution >= 4 is 34.0 Å². The van der Waals surface area contributed by atoms with E-state index < -0.39 is 12.0 Å². The highest BCUT2D eigenvalue weighted by molar-refractivity contribution is 7.15. The molecule has 2 amide bonds. The first-order valence-electron chi connectivity index (χ1n) is 10.1. The van der Waals surface area contributed by atoms with Crippen molar-refractivity contribution in [3.8, 4) is 11.1 Å². The Hall–Kier alpha value is -3.19. The van der Waals surface area contributed by atoms with Crippen molar-refractivity contribution in [3.63, 3.8) is 0 Å². The van der Waals surface area contributed by atoms with E-state index in [1.54, 1.807) is 24.5 Å². The second kappa shape index (κ2) is 9.54. The summed E-state index contributed by atoms with van der Waals surface area (Å²) in [7, 11) is 0. The van der Waals surface area contributed by atoms with E-state index in [2.05, 4.69) is 15.6 Å². The van der Waals surface area contributed by atoms with Gasteiger partial charge in [0.2, 0.25) is 0 Å². The molecule has 0 aliphatic heterocycles. The maximum atomic E-state index is 13.1. The minimum absolute atomic E-state index is 0.0672. The molecule has 7 heteroatoms. The van der Waals surface area contributed by atoms with Gasteiger partial charge in [-0.3, -0.25) is 10.3 Å². The largest absolute Gasteiger partial charge is 0.459 e. The summed E-state index contributed by atoms with van der Waals surface area (Å²) in [5, 5.41) is 7.94. The van der Waals surface area contributed by atoms with Crippen molar-refractivity contribution in [2.24, 2.45) is 0 Å². The molecule has 0 radical (unpaired) electrons. The topological polar surface area (TPSA) is 80.3 Å². The molecule has 154 valence electrons. The summed E-state index contributed by atoms with van der Waals surface area (Å²) < 4.78 is 5.82. The molecule has 0 bridgehead atoms. The Bertz CT molecular complexity index is 999. The van der Waals surface area contributed by atoms with Crippen LogP contribution in [0.25, 0.3) is 11.1 Å². The average molecular weight is 422 g/mol. The number of aromatic nitrogens is 1. The van der Waals surface area contributed by atoms with Crippen LogP contribution in [0.15, 0.2) is 60.2 Å². The van der Waals surface area contributed by atoms with Crippen LogP contribution < -0.4 is 10.6 Å². The molecule has 2 aromatic heterocycles. The van der Waals surface area contributed by atoms with Gasteiger partial charge in [-0.25, -0.2) is 9.59 Å². The van der Waals surface area contributed by atoms with Crippen LogP contribution in [0, 0.1) is 0 Å². The van der Waals surface area contributed by atoms with Gasteiger partial charge in [0, 0.05) is 29.0 Å². The molecular formula is C23H23N3O3S. The van der Waals surface area contributed by atoms with E-state index in [0.717, 1.165) is 36.8 Å². The number of pyridine rings is 1. The number of hydrogen-bond acceptors (Lipinski definition) is 5. The Balaban J connectivity index is 1.58. The Labute approximate surface area is 179 Å². The number of esters is 1. The van der Waals surface area contributed by atoms with Gasteiger partial charge in [-0.1, -0.05) is 24.6 Å². The smallest absolute Gasteiger partial charge is 0.342 e. The number of nitrogens with zero attached hydrogens (tertiary/aromatic N) is 1. The second-order valence-corrected chi connectivity index (χ2v) is 8.08. The molecule has 0 unspecified atom stereocenters. The van der Waals surface area contributed by atoms with Gasteiger partial charge in [0.1, 0.15) is 16.7 Å². The minimum Gasteiger partial charge on any atom is -0.459 e. The summed E-state index contributed by atoms with van der Waals surface area (Å²) in [6.07, 6.45) is 8.39. The summed E-state index contributed by atoms with van der Waals surface area (Å²) in [4.78, 5) is 29.7. The van der Waals surface area contributed by atoms with Crippen LogP contribution in [0.3, 0.4) is 0 Å². The van der Waals surface area contributed by atoms with E-state index in [0.29, 0.717) is 16.3 Å². The van der Waals surface area contributed by atoms with Gasteiger partial charge in [-0.05, 0) is 55.5 Å². The first kappa shape index (κ1) is 20.1. The minimum atomic E-state index is -0.406. The SMILES string of the molecule is O=C(Nc1ccccc1)Nc1scc(-c2ccncc2)c1C(=O)OC1CCCCC1. The van der Waals surface area contributed by atoms with Gasteiger partial charge in [0.15, 0.2) is 0 Å². The number of thiophene rings is 1. The predicted octanol–water partition coefficient (Wildman–Crippen LogP) is 5.94. The lowest BCUT2D eigenvalue weighted by Gasteiger charge is -2.22. The summed E-state index contributed by atoms with van der Waals surface area (Å²) in [6, 6.07) is 12.4. The molecule has 0 saturated heterocycles. The van der Waals surface area contributed by atoms with E-state index in [1.807, 2.05) is 35.7 Å². The fourth-order valence-electron chi connectivity index (χ4n) is 3.58. The molecule has 0 spiro atoms. The number of amides is 2. The van der Waals surface area contributed by atoms with E-state index in [4.69, 9.17) is 4.74 Å². The van der Waals surface area contributed by atoms with Crippen LogP contribution in [0.1, 0.15) is 42.5 Å². The van der Waals surface area contributed by atoms with Crippen molar-refractivity contribution in [2.45, 2.75) is 38.2 Å². The maximum absolute atomic E-state index is 13.1. The van der Waals surface area contributed by atoms with Gasteiger partial charge >= 0.3 is 12.0 Å². The molecule has 4 rings (SSSR count). The number of nitrogens with one attached hydrogen (secondary N) is 2. The fourth-order valence-corrected chi connectivity index (χ4v) is 4.53. The van der Waals surface area contributed by atoms with E-state index in [1.165, 1.54) is 17.8 Å². The summed E-state index contributed by atoms with van der Waals surface area (Å²) >= 11 is 1.31. The van der Waals surface area contributed by atoms with Crippen LogP contribution in [-0.2, 0) is 4.74 Å². The zero-order chi connectivity index (χ0) is 20.8. The molecule has 1 saturated carbocycles. The summed E-state index contributed by atoms with van der Waals surface area (Å²) in [6.45, 7) is 0. The third-order valence-electron chi connectivity index (χ3n) is 5.07. The predicted molar refractivity (Wildman–Crippen MR) is 119 cm³/mol. The van der Waals surface area contributed by atoms with Crippen molar-refractivity contribution < 1.29 is 14.3 Å². The molecule has 2 N–H and O–H groups in total. The van der Waals surface area contributed by atoms with Crippen molar-refractivity contribution in [1.29, 1.82) is 0 Å². The van der Waals surface area contributed by atoms with Crippen molar-refractivity contribution in [2.75, 3.05) is 10.6 Å². The monoisotopic (exact) mass is 421 g/mol. The highest BCUT2D eigenvalue weighted by Crippen LogP contribution is 2.37. The lowest BCUT2D eigenvalue weighted by molar-refractivity contribution is 0.0214. The summed E-state index contributed by atoms with van der Waals surface area (Å²) in [5.74, 6) is -0.398. The van der Waals surface area contributed by atoms with E-state index >= 15 is 0 Å². The molecule has 1 aromatic carbocycles. The number of hydrogen-bond donors (Lipinski definition) is 2. The van der Waals surface area contributed by atoms with Gasteiger partial charge in [-0.2, -0.15) is 0 Å². The molecule has 1 aliphatic carbocycles. The maximum Gasteiger partial charge on any atom is 0.342 e. The number of anilines is 2. The highest BCUT2D eigenvalue weighted by Gasteiger charge is 2.26. The third kappa shape index (κ3) is 4.86. The van der Waals surface area contributed by atoms with Crippen molar-refractivity contribution in [3.05, 3.63) is 65.8 Å². The molecular weight excluding hydrogens is 398 g/mol. The number of carbonyl (C=O) groups excluding carboxylic acids is 2. The van der Waals surface area contributed by atoms with Gasteiger partial charge in [-0.15, -0.1) is 11.3 Å². The van der Waals surface area contributed by atoms with Crippen LogP contribution in [0.4, 0.5) is 15.5 Å². The van der Waals surface area contributed by atoms with E-state index in [-0.39, 0.29) is 6.10 Å². The number of ether oxygens (including phenoxy) is 1.